The molecule has 3 rings (SSSR count). The van der Waals surface area contributed by atoms with E-state index in [9.17, 15) is 9.18 Å². The van der Waals surface area contributed by atoms with Crippen LogP contribution in [-0.4, -0.2) is 15.5 Å². The number of hydrogen-bond acceptors (Lipinski definition) is 2. The van der Waals surface area contributed by atoms with Crippen molar-refractivity contribution in [1.29, 1.82) is 0 Å². The van der Waals surface area contributed by atoms with E-state index in [4.69, 9.17) is 0 Å². The normalized spacial score (nSPS) is 12.0. The lowest BCUT2D eigenvalue weighted by molar-refractivity contribution is -0.122. The fraction of sp³-hybridized carbons (Fsp3) is 0.238. The highest BCUT2D eigenvalue weighted by molar-refractivity contribution is 5.77. The van der Waals surface area contributed by atoms with E-state index in [1.54, 1.807) is 23.0 Å². The van der Waals surface area contributed by atoms with Crippen molar-refractivity contribution in [1.82, 2.24) is 14.9 Å². The average molecular weight is 351 g/mol. The van der Waals surface area contributed by atoms with E-state index < -0.39 is 6.04 Å². The van der Waals surface area contributed by atoms with Crippen LogP contribution in [0.3, 0.4) is 0 Å². The quantitative estimate of drug-likeness (QED) is 0.734. The second kappa shape index (κ2) is 7.95. The number of aryl methyl sites for hydroxylation is 2. The van der Waals surface area contributed by atoms with Gasteiger partial charge in [-0.15, -0.1) is 0 Å². The first-order valence-corrected chi connectivity index (χ1v) is 8.68. The lowest BCUT2D eigenvalue weighted by atomic mass is 9.97. The third-order valence-corrected chi connectivity index (χ3v) is 4.45. The van der Waals surface area contributed by atoms with Crippen molar-refractivity contribution < 1.29 is 9.18 Å². The average Bonchev–Trinajstić information content (AvgIpc) is 3.04. The smallest absolute Gasteiger partial charge is 0.240 e. The molecule has 3 aromatic rings. The molecule has 26 heavy (non-hydrogen) atoms. The van der Waals surface area contributed by atoms with E-state index in [0.29, 0.717) is 5.56 Å². The zero-order valence-electron chi connectivity index (χ0n) is 14.9. The third kappa shape index (κ3) is 4.17. The molecule has 1 heterocycles. The third-order valence-electron chi connectivity index (χ3n) is 4.45. The number of rotatable bonds is 6. The fourth-order valence-corrected chi connectivity index (χ4v) is 2.92. The molecule has 0 spiro atoms. The number of nitrogens with one attached hydrogen (secondary N) is 1. The molecule has 0 fully saturated rings. The van der Waals surface area contributed by atoms with Crippen LogP contribution in [0, 0.1) is 12.7 Å². The molecule has 1 aromatic heterocycles. The van der Waals surface area contributed by atoms with E-state index in [-0.39, 0.29) is 18.3 Å². The molecule has 5 heteroatoms. The highest BCUT2D eigenvalue weighted by atomic mass is 19.1. The van der Waals surface area contributed by atoms with Crippen LogP contribution in [0.2, 0.25) is 0 Å². The summed E-state index contributed by atoms with van der Waals surface area (Å²) < 4.78 is 15.5. The highest BCUT2D eigenvalue weighted by Crippen LogP contribution is 2.23. The van der Waals surface area contributed by atoms with Crippen molar-refractivity contribution in [2.45, 2.75) is 32.9 Å². The number of nitrogens with zero attached hydrogens (tertiary/aromatic N) is 2. The molecule has 2 aromatic carbocycles. The number of imidazole rings is 1. The second-order valence-corrected chi connectivity index (χ2v) is 6.25. The summed E-state index contributed by atoms with van der Waals surface area (Å²) in [7, 11) is 0. The van der Waals surface area contributed by atoms with E-state index >= 15 is 0 Å². The fourth-order valence-electron chi connectivity index (χ4n) is 2.92. The number of hydrogen-bond donors (Lipinski definition) is 1. The number of amides is 1. The molecule has 1 amide bonds. The zero-order chi connectivity index (χ0) is 18.5. The van der Waals surface area contributed by atoms with Crippen molar-refractivity contribution in [2.24, 2.45) is 0 Å². The first kappa shape index (κ1) is 17.9. The Bertz CT molecular complexity index is 886. The minimum Gasteiger partial charge on any atom is -0.344 e. The number of halogens is 1. The lowest BCUT2D eigenvalue weighted by Gasteiger charge is -2.21. The van der Waals surface area contributed by atoms with E-state index in [1.807, 2.05) is 37.3 Å². The zero-order valence-corrected chi connectivity index (χ0v) is 14.9. The van der Waals surface area contributed by atoms with Gasteiger partial charge < -0.3 is 9.88 Å². The summed E-state index contributed by atoms with van der Waals surface area (Å²) >= 11 is 0. The molecule has 0 aliphatic carbocycles. The minimum absolute atomic E-state index is 0.153. The Morgan fingerprint density at radius 2 is 1.96 bits per heavy atom. The monoisotopic (exact) mass is 351 g/mol. The molecular weight excluding hydrogens is 329 g/mol. The van der Waals surface area contributed by atoms with E-state index in [1.165, 1.54) is 17.7 Å². The maximum atomic E-state index is 13.7. The number of aromatic nitrogens is 2. The summed E-state index contributed by atoms with van der Waals surface area (Å²) in [6, 6.07) is 14.0. The summed E-state index contributed by atoms with van der Waals surface area (Å²) in [6.45, 7) is 4.11. The van der Waals surface area contributed by atoms with Gasteiger partial charge in [-0.3, -0.25) is 4.79 Å². The number of carbonyl (C=O) groups is 1. The molecule has 0 saturated heterocycles. The Morgan fingerprint density at radius 3 is 2.58 bits per heavy atom. The van der Waals surface area contributed by atoms with Crippen molar-refractivity contribution in [3.63, 3.8) is 0 Å². The van der Waals surface area contributed by atoms with E-state index in [0.717, 1.165) is 17.8 Å². The van der Waals surface area contributed by atoms with Crippen molar-refractivity contribution >= 4 is 5.91 Å². The van der Waals surface area contributed by atoms with Crippen LogP contribution in [0.4, 0.5) is 4.39 Å². The topological polar surface area (TPSA) is 46.9 Å². The standard InChI is InChI=1S/C21H22FN3O/c1-3-16-7-9-17(10-8-16)21(18-5-4-6-19(22)13-18)24-20(26)14-25-12-11-23-15(25)2/h4-13,21H,3,14H2,1-2H3,(H,24,26). The van der Waals surface area contributed by atoms with Gasteiger partial charge in [0.1, 0.15) is 18.2 Å². The van der Waals surface area contributed by atoms with E-state index in [2.05, 4.69) is 17.2 Å². The van der Waals surface area contributed by atoms with Crippen LogP contribution in [0.5, 0.6) is 0 Å². The maximum Gasteiger partial charge on any atom is 0.240 e. The van der Waals surface area contributed by atoms with Crippen molar-refractivity contribution in [2.75, 3.05) is 0 Å². The van der Waals surface area contributed by atoms with Gasteiger partial charge >= 0.3 is 0 Å². The Labute approximate surface area is 152 Å². The van der Waals surface area contributed by atoms with Crippen molar-refractivity contribution in [3.05, 3.63) is 89.3 Å². The Kier molecular flexibility index (Phi) is 5.46. The summed E-state index contributed by atoms with van der Waals surface area (Å²) in [4.78, 5) is 16.7. The molecule has 1 unspecified atom stereocenters. The first-order chi connectivity index (χ1) is 12.6. The van der Waals surface area contributed by atoms with Crippen LogP contribution in [0.1, 0.15) is 35.5 Å². The Balaban J connectivity index is 1.87. The van der Waals surface area contributed by atoms with Gasteiger partial charge in [0.15, 0.2) is 0 Å². The van der Waals surface area contributed by atoms with Gasteiger partial charge in [0, 0.05) is 12.4 Å². The van der Waals surface area contributed by atoms with Gasteiger partial charge in [0.05, 0.1) is 6.04 Å². The van der Waals surface area contributed by atoms with Crippen LogP contribution in [0.25, 0.3) is 0 Å². The first-order valence-electron chi connectivity index (χ1n) is 8.68. The van der Waals surface area contributed by atoms with Crippen LogP contribution in [-0.2, 0) is 17.8 Å². The molecule has 0 bridgehead atoms. The van der Waals surface area contributed by atoms with Crippen LogP contribution in [0.15, 0.2) is 60.9 Å². The molecule has 4 nitrogen and oxygen atoms in total. The second-order valence-electron chi connectivity index (χ2n) is 6.25. The molecule has 0 saturated carbocycles. The lowest BCUT2D eigenvalue weighted by Crippen LogP contribution is -2.32. The maximum absolute atomic E-state index is 13.7. The summed E-state index contributed by atoms with van der Waals surface area (Å²) in [5, 5.41) is 3.03. The predicted octanol–water partition coefficient (Wildman–Crippen LogP) is 3.80. The number of benzene rings is 2. The molecule has 0 radical (unpaired) electrons. The predicted molar refractivity (Wildman–Crippen MR) is 99.2 cm³/mol. The van der Waals surface area contributed by atoms with Gasteiger partial charge in [0.25, 0.3) is 0 Å². The van der Waals surface area contributed by atoms with Crippen LogP contribution < -0.4 is 5.32 Å². The summed E-state index contributed by atoms with van der Waals surface area (Å²) in [6.07, 6.45) is 4.37. The molecule has 0 aliphatic heterocycles. The largest absolute Gasteiger partial charge is 0.344 e. The van der Waals surface area contributed by atoms with Gasteiger partial charge in [-0.25, -0.2) is 9.37 Å². The summed E-state index contributed by atoms with van der Waals surface area (Å²) in [5.74, 6) is 0.298. The Hall–Kier alpha value is -2.95. The summed E-state index contributed by atoms with van der Waals surface area (Å²) in [5.41, 5.74) is 2.85. The minimum atomic E-state index is -0.409. The molecule has 0 aliphatic rings. The highest BCUT2D eigenvalue weighted by Gasteiger charge is 2.18. The SMILES string of the molecule is CCc1ccc(C(NC(=O)Cn2ccnc2C)c2cccc(F)c2)cc1. The Morgan fingerprint density at radius 1 is 1.19 bits per heavy atom. The molecule has 134 valence electrons. The van der Waals surface area contributed by atoms with Crippen molar-refractivity contribution in [3.8, 4) is 0 Å². The molecule has 1 atom stereocenters. The van der Waals surface area contributed by atoms with Gasteiger partial charge in [-0.1, -0.05) is 43.3 Å². The van der Waals surface area contributed by atoms with Gasteiger partial charge in [-0.05, 0) is 42.2 Å². The van der Waals surface area contributed by atoms with Gasteiger partial charge in [-0.2, -0.15) is 0 Å². The molecular formula is C21H22FN3O. The molecule has 1 N–H and O–H groups in total. The number of carbonyl (C=O) groups excluding carboxylic acids is 1. The van der Waals surface area contributed by atoms with Crippen LogP contribution >= 0.6 is 0 Å². The van der Waals surface area contributed by atoms with Gasteiger partial charge in [0.2, 0.25) is 5.91 Å².